The van der Waals surface area contributed by atoms with Gasteiger partial charge in [-0.25, -0.2) is 4.98 Å². The molecule has 0 amide bonds. The molecule has 5 nitrogen and oxygen atoms in total. The van der Waals surface area contributed by atoms with E-state index in [9.17, 15) is 0 Å². The van der Waals surface area contributed by atoms with Crippen LogP contribution in [0.1, 0.15) is 17.0 Å². The lowest BCUT2D eigenvalue weighted by molar-refractivity contribution is 0.397. The lowest BCUT2D eigenvalue weighted by Crippen LogP contribution is -2.15. The van der Waals surface area contributed by atoms with Gasteiger partial charge in [-0.3, -0.25) is 0 Å². The van der Waals surface area contributed by atoms with Crippen molar-refractivity contribution in [2.45, 2.75) is 20.0 Å². The maximum Gasteiger partial charge on any atom is 0.137 e. The molecule has 0 bridgehead atoms. The standard InChI is InChI=1S/C18H21N3O2/c1-13-16(21-9-5-4-6-18(21)20-13)12-19-11-14-10-15(22-2)7-8-17(14)23-3/h4-10,19H,11-12H2,1-3H3. The summed E-state index contributed by atoms with van der Waals surface area (Å²) in [7, 11) is 3.35. The Morgan fingerprint density at radius 2 is 1.96 bits per heavy atom. The molecule has 2 aromatic heterocycles. The molecule has 0 unspecified atom stereocenters. The highest BCUT2D eigenvalue weighted by molar-refractivity contribution is 5.43. The van der Waals surface area contributed by atoms with Gasteiger partial charge in [-0.1, -0.05) is 6.07 Å². The number of rotatable bonds is 6. The van der Waals surface area contributed by atoms with Crippen molar-refractivity contribution < 1.29 is 9.47 Å². The average molecular weight is 311 g/mol. The van der Waals surface area contributed by atoms with E-state index in [2.05, 4.69) is 14.7 Å². The van der Waals surface area contributed by atoms with Crippen LogP contribution in [0.25, 0.3) is 5.65 Å². The summed E-state index contributed by atoms with van der Waals surface area (Å²) in [5.41, 5.74) is 4.25. The largest absolute Gasteiger partial charge is 0.497 e. The van der Waals surface area contributed by atoms with Crippen molar-refractivity contribution in [3.8, 4) is 11.5 Å². The van der Waals surface area contributed by atoms with Crippen LogP contribution in [-0.2, 0) is 13.1 Å². The Hall–Kier alpha value is -2.53. The lowest BCUT2D eigenvalue weighted by Gasteiger charge is -2.11. The summed E-state index contributed by atoms with van der Waals surface area (Å²) >= 11 is 0. The van der Waals surface area contributed by atoms with Gasteiger partial charge in [0.25, 0.3) is 0 Å². The molecule has 0 saturated carbocycles. The predicted octanol–water partition coefficient (Wildman–Crippen LogP) is 2.95. The summed E-state index contributed by atoms with van der Waals surface area (Å²) in [4.78, 5) is 4.58. The first-order valence-electron chi connectivity index (χ1n) is 7.57. The van der Waals surface area contributed by atoms with Crippen molar-refractivity contribution in [3.63, 3.8) is 0 Å². The number of pyridine rings is 1. The van der Waals surface area contributed by atoms with Gasteiger partial charge in [0.1, 0.15) is 17.1 Å². The molecule has 0 aliphatic carbocycles. The molecule has 0 atom stereocenters. The molecule has 2 heterocycles. The van der Waals surface area contributed by atoms with E-state index in [4.69, 9.17) is 9.47 Å². The van der Waals surface area contributed by atoms with Gasteiger partial charge >= 0.3 is 0 Å². The van der Waals surface area contributed by atoms with E-state index >= 15 is 0 Å². The summed E-state index contributed by atoms with van der Waals surface area (Å²) in [5, 5.41) is 3.47. The molecule has 3 rings (SSSR count). The summed E-state index contributed by atoms with van der Waals surface area (Å²) < 4.78 is 12.8. The number of fused-ring (bicyclic) bond motifs is 1. The van der Waals surface area contributed by atoms with Gasteiger partial charge < -0.3 is 19.2 Å². The third kappa shape index (κ3) is 3.14. The maximum absolute atomic E-state index is 5.41. The highest BCUT2D eigenvalue weighted by Gasteiger charge is 2.09. The molecule has 0 aliphatic heterocycles. The van der Waals surface area contributed by atoms with E-state index in [0.717, 1.165) is 34.9 Å². The van der Waals surface area contributed by atoms with E-state index in [1.807, 2.05) is 49.5 Å². The van der Waals surface area contributed by atoms with Gasteiger partial charge in [0.15, 0.2) is 0 Å². The SMILES string of the molecule is COc1ccc(OC)c(CNCc2c(C)nc3ccccn23)c1. The van der Waals surface area contributed by atoms with Crippen LogP contribution in [-0.4, -0.2) is 23.6 Å². The van der Waals surface area contributed by atoms with E-state index in [-0.39, 0.29) is 0 Å². The Kier molecular flexibility index (Phi) is 4.48. The number of ether oxygens (including phenoxy) is 2. The summed E-state index contributed by atoms with van der Waals surface area (Å²) in [6.45, 7) is 3.47. The molecule has 120 valence electrons. The van der Waals surface area contributed by atoms with Gasteiger partial charge in [-0.15, -0.1) is 0 Å². The fraction of sp³-hybridized carbons (Fsp3) is 0.278. The molecule has 0 fully saturated rings. The fourth-order valence-corrected chi connectivity index (χ4v) is 2.71. The first kappa shape index (κ1) is 15.4. The van der Waals surface area contributed by atoms with E-state index in [0.29, 0.717) is 6.54 Å². The predicted molar refractivity (Wildman–Crippen MR) is 90.0 cm³/mol. The molecular formula is C18H21N3O2. The highest BCUT2D eigenvalue weighted by Crippen LogP contribution is 2.24. The molecule has 0 saturated heterocycles. The molecule has 0 spiro atoms. The minimum absolute atomic E-state index is 0.694. The van der Waals surface area contributed by atoms with Gasteiger partial charge in [-0.05, 0) is 37.3 Å². The zero-order valence-electron chi connectivity index (χ0n) is 13.7. The van der Waals surface area contributed by atoms with E-state index in [1.165, 1.54) is 5.69 Å². The normalized spacial score (nSPS) is 10.9. The molecule has 5 heteroatoms. The van der Waals surface area contributed by atoms with E-state index in [1.54, 1.807) is 14.2 Å². The van der Waals surface area contributed by atoms with Crippen LogP contribution >= 0.6 is 0 Å². The van der Waals surface area contributed by atoms with Crippen molar-refractivity contribution in [1.82, 2.24) is 14.7 Å². The minimum Gasteiger partial charge on any atom is -0.497 e. The van der Waals surface area contributed by atoms with Crippen molar-refractivity contribution >= 4 is 5.65 Å². The summed E-state index contributed by atoms with van der Waals surface area (Å²) in [6.07, 6.45) is 2.04. The Morgan fingerprint density at radius 1 is 1.09 bits per heavy atom. The second-order valence-electron chi connectivity index (χ2n) is 5.35. The first-order valence-corrected chi connectivity index (χ1v) is 7.57. The number of methoxy groups -OCH3 is 2. The van der Waals surface area contributed by atoms with Gasteiger partial charge in [0.2, 0.25) is 0 Å². The van der Waals surface area contributed by atoms with Crippen LogP contribution in [0.5, 0.6) is 11.5 Å². The molecule has 1 aromatic carbocycles. The van der Waals surface area contributed by atoms with Gasteiger partial charge in [-0.2, -0.15) is 0 Å². The van der Waals surface area contributed by atoms with Crippen LogP contribution in [0.15, 0.2) is 42.6 Å². The summed E-state index contributed by atoms with van der Waals surface area (Å²) in [6, 6.07) is 11.9. The molecule has 1 N–H and O–H groups in total. The van der Waals surface area contributed by atoms with Crippen molar-refractivity contribution in [2.75, 3.05) is 14.2 Å². The monoisotopic (exact) mass is 311 g/mol. The highest BCUT2D eigenvalue weighted by atomic mass is 16.5. The van der Waals surface area contributed by atoms with Gasteiger partial charge in [0.05, 0.1) is 25.6 Å². The minimum atomic E-state index is 0.694. The molecule has 23 heavy (non-hydrogen) atoms. The van der Waals surface area contributed by atoms with Crippen molar-refractivity contribution in [2.24, 2.45) is 0 Å². The number of nitrogens with zero attached hydrogens (tertiary/aromatic N) is 2. The third-order valence-corrected chi connectivity index (χ3v) is 3.92. The molecule has 0 aliphatic rings. The summed E-state index contributed by atoms with van der Waals surface area (Å²) in [5.74, 6) is 1.68. The zero-order valence-corrected chi connectivity index (χ0v) is 13.7. The van der Waals surface area contributed by atoms with Crippen molar-refractivity contribution in [3.05, 3.63) is 59.5 Å². The number of aromatic nitrogens is 2. The smallest absolute Gasteiger partial charge is 0.137 e. The molecule has 3 aromatic rings. The lowest BCUT2D eigenvalue weighted by atomic mass is 10.2. The van der Waals surface area contributed by atoms with E-state index < -0.39 is 0 Å². The van der Waals surface area contributed by atoms with Crippen molar-refractivity contribution in [1.29, 1.82) is 0 Å². The topological polar surface area (TPSA) is 47.8 Å². The second-order valence-corrected chi connectivity index (χ2v) is 5.35. The third-order valence-electron chi connectivity index (χ3n) is 3.92. The second kappa shape index (κ2) is 6.71. The Balaban J connectivity index is 1.75. The molecular weight excluding hydrogens is 290 g/mol. The molecule has 0 radical (unpaired) electrons. The van der Waals surface area contributed by atoms with Crippen LogP contribution < -0.4 is 14.8 Å². The van der Waals surface area contributed by atoms with Crippen LogP contribution in [0.2, 0.25) is 0 Å². The van der Waals surface area contributed by atoms with Crippen LogP contribution in [0.3, 0.4) is 0 Å². The van der Waals surface area contributed by atoms with Crippen LogP contribution in [0.4, 0.5) is 0 Å². The average Bonchev–Trinajstić information content (AvgIpc) is 2.90. The fourth-order valence-electron chi connectivity index (χ4n) is 2.71. The number of aryl methyl sites for hydroxylation is 1. The first-order chi connectivity index (χ1) is 11.2. The number of hydrogen-bond donors (Lipinski definition) is 1. The van der Waals surface area contributed by atoms with Crippen LogP contribution in [0, 0.1) is 6.92 Å². The number of imidazole rings is 1. The number of benzene rings is 1. The Labute approximate surface area is 135 Å². The zero-order chi connectivity index (χ0) is 16.2. The Bertz CT molecular complexity index is 811. The number of hydrogen-bond acceptors (Lipinski definition) is 4. The maximum atomic E-state index is 5.41. The Morgan fingerprint density at radius 3 is 2.74 bits per heavy atom. The van der Waals surface area contributed by atoms with Gasteiger partial charge in [0, 0.05) is 24.8 Å². The quantitative estimate of drug-likeness (QED) is 0.760. The number of nitrogens with one attached hydrogen (secondary N) is 1.